The Labute approximate surface area is 110 Å². The molecule has 0 radical (unpaired) electrons. The highest BCUT2D eigenvalue weighted by atomic mass is 15.3. The van der Waals surface area contributed by atoms with Crippen LogP contribution in [0.1, 0.15) is 51.6 Å². The smallest absolute Gasteiger partial charge is 0.0538 e. The van der Waals surface area contributed by atoms with Crippen molar-refractivity contribution in [1.29, 1.82) is 0 Å². The molecule has 4 nitrogen and oxygen atoms in total. The predicted molar refractivity (Wildman–Crippen MR) is 74.3 cm³/mol. The Bertz CT molecular complexity index is 372. The summed E-state index contributed by atoms with van der Waals surface area (Å²) in [4.78, 5) is 2.52. The zero-order valence-corrected chi connectivity index (χ0v) is 11.8. The van der Waals surface area contributed by atoms with Crippen LogP contribution < -0.4 is 5.73 Å². The third kappa shape index (κ3) is 2.75. The van der Waals surface area contributed by atoms with Gasteiger partial charge in [-0.1, -0.05) is 6.92 Å². The molecule has 2 rings (SSSR count). The number of hydrogen-bond acceptors (Lipinski definition) is 3. The summed E-state index contributed by atoms with van der Waals surface area (Å²) < 4.78 is 2.04. The van der Waals surface area contributed by atoms with Gasteiger partial charge in [0, 0.05) is 30.4 Å². The van der Waals surface area contributed by atoms with Crippen LogP contribution in [0.4, 0.5) is 0 Å². The molecule has 2 atom stereocenters. The molecule has 1 saturated heterocycles. The molecule has 1 fully saturated rings. The van der Waals surface area contributed by atoms with E-state index in [-0.39, 0.29) is 6.04 Å². The average Bonchev–Trinajstić information content (AvgIpc) is 2.77. The third-order valence-corrected chi connectivity index (χ3v) is 3.83. The third-order valence-electron chi connectivity index (χ3n) is 3.83. The standard InChI is InChI=1S/C14H26N4/c1-4-7-17-10-12(9-16-17)14-13(15)6-5-8-18(14)11(2)3/h9-11,13-14H,4-8,15H2,1-3H3. The SMILES string of the molecule is CCCn1cc(C2C(N)CCCN2C(C)C)cn1. The first kappa shape index (κ1) is 13.6. The molecule has 1 aliphatic rings. The second-order valence-electron chi connectivity index (χ2n) is 5.62. The maximum atomic E-state index is 6.34. The minimum absolute atomic E-state index is 0.237. The second-order valence-corrected chi connectivity index (χ2v) is 5.62. The Kier molecular flexibility index (Phi) is 4.40. The molecule has 0 bridgehead atoms. The van der Waals surface area contributed by atoms with Crippen molar-refractivity contribution < 1.29 is 0 Å². The number of nitrogens with zero attached hydrogens (tertiary/aromatic N) is 3. The number of aromatic nitrogens is 2. The van der Waals surface area contributed by atoms with Gasteiger partial charge in [0.2, 0.25) is 0 Å². The van der Waals surface area contributed by atoms with Crippen molar-refractivity contribution in [2.45, 2.75) is 64.7 Å². The molecule has 0 spiro atoms. The van der Waals surface area contributed by atoms with Gasteiger partial charge in [0.15, 0.2) is 0 Å². The Morgan fingerprint density at radius 1 is 1.50 bits per heavy atom. The normalized spacial score (nSPS) is 25.8. The van der Waals surface area contributed by atoms with E-state index in [0.717, 1.165) is 25.9 Å². The van der Waals surface area contributed by atoms with Crippen molar-refractivity contribution in [3.05, 3.63) is 18.0 Å². The largest absolute Gasteiger partial charge is 0.326 e. The van der Waals surface area contributed by atoms with Crippen LogP contribution in [0.3, 0.4) is 0 Å². The minimum Gasteiger partial charge on any atom is -0.326 e. The lowest BCUT2D eigenvalue weighted by Crippen LogP contribution is -2.48. The van der Waals surface area contributed by atoms with Crippen molar-refractivity contribution in [2.75, 3.05) is 6.54 Å². The van der Waals surface area contributed by atoms with Crippen LogP contribution in [0, 0.1) is 0 Å². The van der Waals surface area contributed by atoms with E-state index in [1.54, 1.807) is 0 Å². The molecule has 0 aromatic carbocycles. The fourth-order valence-electron chi connectivity index (χ4n) is 2.95. The van der Waals surface area contributed by atoms with Crippen LogP contribution in [-0.2, 0) is 6.54 Å². The fraction of sp³-hybridized carbons (Fsp3) is 0.786. The summed E-state index contributed by atoms with van der Waals surface area (Å²) in [5, 5.41) is 4.44. The predicted octanol–water partition coefficient (Wildman–Crippen LogP) is 2.17. The Morgan fingerprint density at radius 2 is 2.28 bits per heavy atom. The van der Waals surface area contributed by atoms with Crippen molar-refractivity contribution in [2.24, 2.45) is 5.73 Å². The summed E-state index contributed by atoms with van der Waals surface area (Å²) in [6, 6.07) is 1.11. The van der Waals surface area contributed by atoms with Gasteiger partial charge >= 0.3 is 0 Å². The van der Waals surface area contributed by atoms with Crippen molar-refractivity contribution >= 4 is 0 Å². The van der Waals surface area contributed by atoms with Crippen LogP contribution in [0.25, 0.3) is 0 Å². The van der Waals surface area contributed by atoms with Gasteiger partial charge in [-0.3, -0.25) is 9.58 Å². The molecule has 18 heavy (non-hydrogen) atoms. The zero-order chi connectivity index (χ0) is 13.1. The van der Waals surface area contributed by atoms with Gasteiger partial charge in [0.1, 0.15) is 0 Å². The fourth-order valence-corrected chi connectivity index (χ4v) is 2.95. The molecular formula is C14H26N4. The number of piperidine rings is 1. The van der Waals surface area contributed by atoms with E-state index in [2.05, 4.69) is 37.0 Å². The van der Waals surface area contributed by atoms with Gasteiger partial charge in [-0.25, -0.2) is 0 Å². The molecule has 2 heterocycles. The number of likely N-dealkylation sites (tertiary alicyclic amines) is 1. The summed E-state index contributed by atoms with van der Waals surface area (Å²) in [7, 11) is 0. The first-order chi connectivity index (χ1) is 8.63. The van der Waals surface area contributed by atoms with Crippen molar-refractivity contribution in [1.82, 2.24) is 14.7 Å². The Morgan fingerprint density at radius 3 is 2.94 bits per heavy atom. The van der Waals surface area contributed by atoms with E-state index in [1.807, 2.05) is 10.9 Å². The monoisotopic (exact) mass is 250 g/mol. The van der Waals surface area contributed by atoms with Gasteiger partial charge < -0.3 is 5.73 Å². The van der Waals surface area contributed by atoms with E-state index in [9.17, 15) is 0 Å². The van der Waals surface area contributed by atoms with Crippen LogP contribution in [0.2, 0.25) is 0 Å². The zero-order valence-electron chi connectivity index (χ0n) is 11.8. The molecule has 1 aromatic heterocycles. The molecule has 0 saturated carbocycles. The lowest BCUT2D eigenvalue weighted by molar-refractivity contribution is 0.0946. The number of aryl methyl sites for hydroxylation is 1. The van der Waals surface area contributed by atoms with Crippen molar-refractivity contribution in [3.63, 3.8) is 0 Å². The first-order valence-electron chi connectivity index (χ1n) is 7.17. The van der Waals surface area contributed by atoms with Crippen LogP contribution in [0.5, 0.6) is 0 Å². The molecular weight excluding hydrogens is 224 g/mol. The molecule has 2 N–H and O–H groups in total. The summed E-state index contributed by atoms with van der Waals surface area (Å²) in [5.41, 5.74) is 7.63. The highest BCUT2D eigenvalue weighted by Crippen LogP contribution is 2.31. The molecule has 4 heteroatoms. The van der Waals surface area contributed by atoms with Gasteiger partial charge in [0.25, 0.3) is 0 Å². The van der Waals surface area contributed by atoms with Gasteiger partial charge in [-0.05, 0) is 39.7 Å². The Hall–Kier alpha value is -0.870. The topological polar surface area (TPSA) is 47.1 Å². The van der Waals surface area contributed by atoms with Crippen molar-refractivity contribution in [3.8, 4) is 0 Å². The molecule has 0 aliphatic carbocycles. The summed E-state index contributed by atoms with van der Waals surface area (Å²) in [6.07, 6.45) is 7.62. The van der Waals surface area contributed by atoms with Gasteiger partial charge in [0.05, 0.1) is 12.2 Å². The van der Waals surface area contributed by atoms with Gasteiger partial charge in [-0.15, -0.1) is 0 Å². The van der Waals surface area contributed by atoms with Crippen LogP contribution in [-0.4, -0.2) is 33.3 Å². The summed E-state index contributed by atoms with van der Waals surface area (Å²) >= 11 is 0. The number of hydrogen-bond donors (Lipinski definition) is 1. The highest BCUT2D eigenvalue weighted by molar-refractivity contribution is 5.15. The average molecular weight is 250 g/mol. The van der Waals surface area contributed by atoms with Crippen LogP contribution >= 0.6 is 0 Å². The van der Waals surface area contributed by atoms with E-state index in [1.165, 1.54) is 12.0 Å². The van der Waals surface area contributed by atoms with Gasteiger partial charge in [-0.2, -0.15) is 5.10 Å². The highest BCUT2D eigenvalue weighted by Gasteiger charge is 2.32. The molecule has 2 unspecified atom stereocenters. The lowest BCUT2D eigenvalue weighted by Gasteiger charge is -2.41. The summed E-state index contributed by atoms with van der Waals surface area (Å²) in [6.45, 7) is 8.82. The van der Waals surface area contributed by atoms with Crippen LogP contribution in [0.15, 0.2) is 12.4 Å². The van der Waals surface area contributed by atoms with E-state index in [4.69, 9.17) is 5.73 Å². The molecule has 0 amide bonds. The molecule has 1 aromatic rings. The summed E-state index contributed by atoms with van der Waals surface area (Å²) in [5.74, 6) is 0. The van der Waals surface area contributed by atoms with E-state index < -0.39 is 0 Å². The van der Waals surface area contributed by atoms with E-state index in [0.29, 0.717) is 12.1 Å². The number of nitrogens with two attached hydrogens (primary N) is 1. The minimum atomic E-state index is 0.237. The maximum Gasteiger partial charge on any atom is 0.0538 e. The first-order valence-corrected chi connectivity index (χ1v) is 7.17. The molecule has 1 aliphatic heterocycles. The quantitative estimate of drug-likeness (QED) is 0.891. The van der Waals surface area contributed by atoms with E-state index >= 15 is 0 Å². The molecule has 102 valence electrons. The lowest BCUT2D eigenvalue weighted by atomic mass is 9.91. The second kappa shape index (κ2) is 5.85. The maximum absolute atomic E-state index is 6.34. The Balaban J connectivity index is 2.20. The number of rotatable bonds is 4.